The van der Waals surface area contributed by atoms with Crippen LogP contribution in [-0.4, -0.2) is 30.6 Å². The molecule has 1 saturated carbocycles. The van der Waals surface area contributed by atoms with Crippen molar-refractivity contribution in [3.8, 4) is 22.6 Å². The van der Waals surface area contributed by atoms with Gasteiger partial charge < -0.3 is 20.1 Å². The van der Waals surface area contributed by atoms with E-state index in [9.17, 15) is 9.59 Å². The third-order valence-corrected chi connectivity index (χ3v) is 6.14. The minimum atomic E-state index is -0.539. The quantitative estimate of drug-likeness (QED) is 0.644. The van der Waals surface area contributed by atoms with Crippen LogP contribution in [-0.2, 0) is 10.2 Å². The monoisotopic (exact) mass is 429 g/mol. The maximum atomic E-state index is 13.2. The predicted molar refractivity (Wildman–Crippen MR) is 120 cm³/mol. The van der Waals surface area contributed by atoms with Crippen molar-refractivity contribution in [3.63, 3.8) is 0 Å². The van der Waals surface area contributed by atoms with E-state index >= 15 is 0 Å². The number of carbonyl (C=O) groups is 2. The van der Waals surface area contributed by atoms with E-state index in [4.69, 9.17) is 9.47 Å². The van der Waals surface area contributed by atoms with Crippen molar-refractivity contribution in [2.75, 3.05) is 19.2 Å². The van der Waals surface area contributed by atoms with Gasteiger partial charge in [-0.3, -0.25) is 14.6 Å². The van der Waals surface area contributed by atoms with Crippen molar-refractivity contribution >= 4 is 17.5 Å². The Kier molecular flexibility index (Phi) is 4.81. The second-order valence-electron chi connectivity index (χ2n) is 8.15. The molecule has 2 heterocycles. The fourth-order valence-electron chi connectivity index (χ4n) is 4.04. The molecule has 2 aliphatic rings. The van der Waals surface area contributed by atoms with Crippen molar-refractivity contribution < 1.29 is 19.1 Å². The molecule has 1 aromatic heterocycles. The molecular weight excluding hydrogens is 406 g/mol. The second kappa shape index (κ2) is 7.67. The number of hydrogen-bond donors (Lipinski definition) is 2. The Labute approximate surface area is 185 Å². The Balaban J connectivity index is 1.38. The van der Waals surface area contributed by atoms with E-state index in [2.05, 4.69) is 15.6 Å². The average Bonchev–Trinajstić information content (AvgIpc) is 3.50. The van der Waals surface area contributed by atoms with Crippen molar-refractivity contribution in [3.05, 3.63) is 71.5 Å². The van der Waals surface area contributed by atoms with Crippen LogP contribution < -0.4 is 20.1 Å². The number of pyridine rings is 1. The van der Waals surface area contributed by atoms with Gasteiger partial charge in [0.15, 0.2) is 11.5 Å². The molecule has 7 nitrogen and oxygen atoms in total. The summed E-state index contributed by atoms with van der Waals surface area (Å²) >= 11 is 0. The highest BCUT2D eigenvalue weighted by Gasteiger charge is 2.51. The van der Waals surface area contributed by atoms with Crippen LogP contribution >= 0.6 is 0 Å². The van der Waals surface area contributed by atoms with Crippen LogP contribution in [0.2, 0.25) is 0 Å². The van der Waals surface area contributed by atoms with Gasteiger partial charge in [-0.15, -0.1) is 0 Å². The van der Waals surface area contributed by atoms with E-state index in [0.717, 1.165) is 40.8 Å². The third kappa shape index (κ3) is 3.45. The van der Waals surface area contributed by atoms with Gasteiger partial charge in [0.2, 0.25) is 12.7 Å². The van der Waals surface area contributed by atoms with Gasteiger partial charge in [0.1, 0.15) is 5.69 Å². The van der Waals surface area contributed by atoms with Gasteiger partial charge in [-0.05, 0) is 66.8 Å². The summed E-state index contributed by atoms with van der Waals surface area (Å²) in [7, 11) is 1.57. The molecule has 32 heavy (non-hydrogen) atoms. The molecule has 0 saturated heterocycles. The fraction of sp³-hybridized carbons (Fsp3) is 0.240. The van der Waals surface area contributed by atoms with Crippen molar-refractivity contribution in [2.45, 2.75) is 25.2 Å². The smallest absolute Gasteiger partial charge is 0.269 e. The first-order valence-electron chi connectivity index (χ1n) is 10.5. The lowest BCUT2D eigenvalue weighted by molar-refractivity contribution is -0.118. The van der Waals surface area contributed by atoms with Gasteiger partial charge in [-0.2, -0.15) is 0 Å². The molecule has 2 N–H and O–H groups in total. The van der Waals surface area contributed by atoms with E-state index in [1.165, 1.54) is 0 Å². The Morgan fingerprint density at radius 3 is 2.53 bits per heavy atom. The second-order valence-corrected chi connectivity index (χ2v) is 8.15. The number of ether oxygens (including phenoxy) is 2. The van der Waals surface area contributed by atoms with E-state index < -0.39 is 5.41 Å². The molecule has 0 radical (unpaired) electrons. The third-order valence-electron chi connectivity index (χ3n) is 6.14. The molecule has 1 aliphatic heterocycles. The summed E-state index contributed by atoms with van der Waals surface area (Å²) in [6.07, 6.45) is 3.26. The summed E-state index contributed by atoms with van der Waals surface area (Å²) in [5.74, 6) is 1.14. The summed E-state index contributed by atoms with van der Waals surface area (Å²) in [6.45, 7) is 2.21. The highest BCUT2D eigenvalue weighted by Crippen LogP contribution is 2.51. The maximum absolute atomic E-state index is 13.2. The molecule has 0 spiro atoms. The first kappa shape index (κ1) is 20.1. The SMILES string of the molecule is CNC(=O)c1ccc(-c2cc(NC(=O)C3(c4ccc5c(c4)OCO5)CC3)ccc2C)cn1. The minimum absolute atomic E-state index is 0.0285. The van der Waals surface area contributed by atoms with Crippen LogP contribution in [0.15, 0.2) is 54.7 Å². The van der Waals surface area contributed by atoms with Gasteiger partial charge in [0.25, 0.3) is 5.91 Å². The number of benzene rings is 2. The molecule has 7 heteroatoms. The molecule has 1 fully saturated rings. The number of amides is 2. The molecule has 3 aromatic rings. The number of aromatic nitrogens is 1. The molecule has 2 aromatic carbocycles. The lowest BCUT2D eigenvalue weighted by Crippen LogP contribution is -2.27. The number of fused-ring (bicyclic) bond motifs is 1. The normalized spacial score (nSPS) is 15.2. The molecule has 2 amide bonds. The predicted octanol–water partition coefficient (Wildman–Crippen LogP) is 3.82. The Hall–Kier alpha value is -3.87. The zero-order valence-electron chi connectivity index (χ0n) is 17.9. The number of rotatable bonds is 5. The van der Waals surface area contributed by atoms with Crippen LogP contribution in [0.5, 0.6) is 11.5 Å². The van der Waals surface area contributed by atoms with Crippen molar-refractivity contribution in [1.82, 2.24) is 10.3 Å². The first-order valence-corrected chi connectivity index (χ1v) is 10.5. The number of aryl methyl sites for hydroxylation is 1. The van der Waals surface area contributed by atoms with Crippen molar-refractivity contribution in [1.29, 1.82) is 0 Å². The standard InChI is InChI=1S/C25H23N3O4/c1-15-3-6-18(12-19(15)16-4-7-20(27-13-16)23(29)26-2)28-24(30)25(9-10-25)17-5-8-21-22(11-17)32-14-31-21/h3-8,11-13H,9-10,14H2,1-2H3,(H,26,29)(H,28,30). The highest BCUT2D eigenvalue weighted by molar-refractivity contribution is 6.02. The number of nitrogens with zero attached hydrogens (tertiary/aromatic N) is 1. The molecule has 5 rings (SSSR count). The highest BCUT2D eigenvalue weighted by atomic mass is 16.7. The van der Waals surface area contributed by atoms with Crippen LogP contribution in [0.1, 0.15) is 34.5 Å². The largest absolute Gasteiger partial charge is 0.454 e. The van der Waals surface area contributed by atoms with E-state index in [1.807, 2.05) is 49.4 Å². The number of carbonyl (C=O) groups excluding carboxylic acids is 2. The molecule has 0 atom stereocenters. The molecule has 1 aliphatic carbocycles. The Morgan fingerprint density at radius 2 is 1.81 bits per heavy atom. The zero-order valence-corrected chi connectivity index (χ0v) is 17.9. The number of nitrogens with one attached hydrogen (secondary N) is 2. The average molecular weight is 429 g/mol. The molecule has 0 bridgehead atoms. The number of anilines is 1. The van der Waals surface area contributed by atoms with Crippen molar-refractivity contribution in [2.24, 2.45) is 0 Å². The van der Waals surface area contributed by atoms with E-state index in [1.54, 1.807) is 19.3 Å². The van der Waals surface area contributed by atoms with Gasteiger partial charge in [0.05, 0.1) is 5.41 Å². The van der Waals surface area contributed by atoms with Gasteiger partial charge in [0, 0.05) is 24.5 Å². The lowest BCUT2D eigenvalue weighted by Gasteiger charge is -2.17. The molecular formula is C25H23N3O4. The minimum Gasteiger partial charge on any atom is -0.454 e. The maximum Gasteiger partial charge on any atom is 0.269 e. The summed E-state index contributed by atoms with van der Waals surface area (Å²) in [5.41, 5.74) is 4.36. The Morgan fingerprint density at radius 1 is 1.00 bits per heavy atom. The topological polar surface area (TPSA) is 89.6 Å². The summed E-state index contributed by atoms with van der Waals surface area (Å²) < 4.78 is 10.9. The summed E-state index contributed by atoms with van der Waals surface area (Å²) in [6, 6.07) is 15.1. The van der Waals surface area contributed by atoms with Gasteiger partial charge >= 0.3 is 0 Å². The molecule has 162 valence electrons. The lowest BCUT2D eigenvalue weighted by atomic mass is 9.94. The van der Waals surface area contributed by atoms with Crippen LogP contribution in [0.25, 0.3) is 11.1 Å². The summed E-state index contributed by atoms with van der Waals surface area (Å²) in [5, 5.41) is 5.66. The fourth-order valence-corrected chi connectivity index (χ4v) is 4.04. The summed E-state index contributed by atoms with van der Waals surface area (Å²) in [4.78, 5) is 29.2. The van der Waals surface area contributed by atoms with Crippen LogP contribution in [0.4, 0.5) is 5.69 Å². The van der Waals surface area contributed by atoms with E-state index in [0.29, 0.717) is 17.2 Å². The molecule has 0 unspecified atom stereocenters. The van der Waals surface area contributed by atoms with Crippen LogP contribution in [0, 0.1) is 6.92 Å². The van der Waals surface area contributed by atoms with Crippen LogP contribution in [0.3, 0.4) is 0 Å². The van der Waals surface area contributed by atoms with E-state index in [-0.39, 0.29) is 18.6 Å². The van der Waals surface area contributed by atoms with Gasteiger partial charge in [-0.25, -0.2) is 0 Å². The van der Waals surface area contributed by atoms with Gasteiger partial charge in [-0.1, -0.05) is 18.2 Å². The first-order chi connectivity index (χ1) is 15.5. The number of hydrogen-bond acceptors (Lipinski definition) is 5. The zero-order chi connectivity index (χ0) is 22.3. The Bertz CT molecular complexity index is 1220.